The molecule has 1 N–H and O–H groups in total. The Morgan fingerprint density at radius 1 is 1.22 bits per heavy atom. The van der Waals surface area contributed by atoms with E-state index in [0.29, 0.717) is 18.1 Å². The molecule has 4 rings (SSSR count). The minimum Gasteiger partial charge on any atom is -0.450 e. The van der Waals surface area contributed by atoms with Gasteiger partial charge in [-0.05, 0) is 50.2 Å². The van der Waals surface area contributed by atoms with Gasteiger partial charge in [-0.25, -0.2) is 9.78 Å². The number of aryl methyl sites for hydroxylation is 3. The van der Waals surface area contributed by atoms with Crippen LogP contribution in [-0.4, -0.2) is 33.9 Å². The summed E-state index contributed by atoms with van der Waals surface area (Å²) >= 11 is 2.75. The number of thiophene rings is 1. The lowest BCUT2D eigenvalue weighted by Crippen LogP contribution is -2.32. The number of amides is 2. The smallest absolute Gasteiger partial charge is 0.413 e. The van der Waals surface area contributed by atoms with Crippen molar-refractivity contribution >= 4 is 45.3 Å². The Bertz CT molecular complexity index is 1190. The van der Waals surface area contributed by atoms with Gasteiger partial charge in [0, 0.05) is 11.4 Å². The molecule has 1 aliphatic rings. The summed E-state index contributed by atoms with van der Waals surface area (Å²) < 4.78 is 6.43. The summed E-state index contributed by atoms with van der Waals surface area (Å²) in [5, 5.41) is 3.42. The van der Waals surface area contributed by atoms with Gasteiger partial charge in [0.25, 0.3) is 5.56 Å². The van der Waals surface area contributed by atoms with Gasteiger partial charge >= 0.3 is 6.09 Å². The molecule has 7 nitrogen and oxygen atoms in total. The zero-order valence-electron chi connectivity index (χ0n) is 17.9. The number of nitrogens with one attached hydrogen (secondary N) is 1. The van der Waals surface area contributed by atoms with Crippen LogP contribution in [0.4, 0.5) is 4.79 Å². The first-order valence-corrected chi connectivity index (χ1v) is 12.6. The number of thioether (sulfide) groups is 1. The molecule has 0 atom stereocenters. The maximum Gasteiger partial charge on any atom is 0.413 e. The molecule has 0 spiro atoms. The molecule has 2 aromatic heterocycles. The maximum atomic E-state index is 13.6. The highest BCUT2D eigenvalue weighted by atomic mass is 32.2. The largest absolute Gasteiger partial charge is 0.450 e. The number of nitrogens with zero attached hydrogens (tertiary/aromatic N) is 2. The van der Waals surface area contributed by atoms with E-state index in [0.717, 1.165) is 58.8 Å². The van der Waals surface area contributed by atoms with Crippen LogP contribution in [0.25, 0.3) is 10.2 Å². The molecule has 0 unspecified atom stereocenters. The van der Waals surface area contributed by atoms with Crippen molar-refractivity contribution in [1.82, 2.24) is 14.9 Å². The fraction of sp³-hybridized carbons (Fsp3) is 0.391. The third kappa shape index (κ3) is 5.05. The highest BCUT2D eigenvalue weighted by molar-refractivity contribution is 7.99. The number of carbonyl (C=O) groups excluding carboxylic acids is 2. The quantitative estimate of drug-likeness (QED) is 0.415. The van der Waals surface area contributed by atoms with Crippen molar-refractivity contribution in [1.29, 1.82) is 0 Å². The average molecular weight is 472 g/mol. The SMILES string of the molecule is CCOC(=O)NC(=O)CSc1nc2sc3c(c2c(=O)n1CCc1ccccc1)CCCC3. The number of fused-ring (bicyclic) bond motifs is 3. The number of benzene rings is 1. The van der Waals surface area contributed by atoms with E-state index in [1.807, 2.05) is 30.3 Å². The number of carbonyl (C=O) groups is 2. The van der Waals surface area contributed by atoms with Crippen LogP contribution in [-0.2, 0) is 35.3 Å². The van der Waals surface area contributed by atoms with E-state index in [1.165, 1.54) is 4.88 Å². The molecule has 168 valence electrons. The summed E-state index contributed by atoms with van der Waals surface area (Å²) in [5.74, 6) is -0.518. The van der Waals surface area contributed by atoms with E-state index in [1.54, 1.807) is 22.8 Å². The van der Waals surface area contributed by atoms with Crippen molar-refractivity contribution in [3.63, 3.8) is 0 Å². The van der Waals surface area contributed by atoms with Crippen molar-refractivity contribution in [2.75, 3.05) is 12.4 Å². The first kappa shape index (κ1) is 22.5. The molecule has 1 aliphatic carbocycles. The summed E-state index contributed by atoms with van der Waals surface area (Å²) in [4.78, 5) is 44.0. The van der Waals surface area contributed by atoms with Crippen molar-refractivity contribution < 1.29 is 14.3 Å². The Kier molecular flexibility index (Phi) is 7.26. The molecule has 0 saturated heterocycles. The van der Waals surface area contributed by atoms with Crippen LogP contribution in [0.1, 0.15) is 35.8 Å². The monoisotopic (exact) mass is 471 g/mol. The van der Waals surface area contributed by atoms with E-state index in [4.69, 9.17) is 9.72 Å². The Balaban J connectivity index is 1.63. The van der Waals surface area contributed by atoms with Crippen molar-refractivity contribution in [3.8, 4) is 0 Å². The van der Waals surface area contributed by atoms with Crippen LogP contribution in [0.5, 0.6) is 0 Å². The first-order valence-electron chi connectivity index (χ1n) is 10.7. The predicted octanol–water partition coefficient (Wildman–Crippen LogP) is 3.94. The van der Waals surface area contributed by atoms with Crippen LogP contribution >= 0.6 is 23.1 Å². The molecule has 32 heavy (non-hydrogen) atoms. The van der Waals surface area contributed by atoms with Crippen LogP contribution in [0.2, 0.25) is 0 Å². The molecule has 0 bridgehead atoms. The standard InChI is InChI=1S/C23H25N3O4S2/c1-2-30-23(29)24-18(27)14-31-22-25-20-19(16-10-6-7-11-17(16)32-20)21(28)26(22)13-12-15-8-4-3-5-9-15/h3-5,8-9H,2,6-7,10-14H2,1H3,(H,24,27,29). The second-order valence-corrected chi connectivity index (χ2v) is 9.56. The molecule has 0 radical (unpaired) electrons. The normalized spacial score (nSPS) is 13.0. The third-order valence-corrected chi connectivity index (χ3v) is 7.52. The summed E-state index contributed by atoms with van der Waals surface area (Å²) in [6, 6.07) is 9.98. The van der Waals surface area contributed by atoms with E-state index < -0.39 is 12.0 Å². The number of hydrogen-bond acceptors (Lipinski definition) is 7. The zero-order valence-corrected chi connectivity index (χ0v) is 19.5. The summed E-state index contributed by atoms with van der Waals surface area (Å²) in [7, 11) is 0. The number of hydrogen-bond donors (Lipinski definition) is 1. The van der Waals surface area contributed by atoms with Crippen molar-refractivity contribution in [3.05, 3.63) is 56.7 Å². The Labute approximate surface area is 194 Å². The molecule has 2 amide bonds. The fourth-order valence-corrected chi connectivity index (χ4v) is 5.99. The van der Waals surface area contributed by atoms with Crippen molar-refractivity contribution in [2.24, 2.45) is 0 Å². The van der Waals surface area contributed by atoms with Gasteiger partial charge in [-0.1, -0.05) is 42.1 Å². The number of rotatable bonds is 7. The molecule has 9 heteroatoms. The third-order valence-electron chi connectivity index (χ3n) is 5.36. The van der Waals surface area contributed by atoms with Gasteiger partial charge in [-0.15, -0.1) is 11.3 Å². The van der Waals surface area contributed by atoms with Crippen molar-refractivity contribution in [2.45, 2.75) is 50.7 Å². The molecule has 1 aromatic carbocycles. The van der Waals surface area contributed by atoms with Crippen LogP contribution in [0, 0.1) is 0 Å². The second kappa shape index (κ2) is 10.3. The van der Waals surface area contributed by atoms with E-state index in [9.17, 15) is 14.4 Å². The highest BCUT2D eigenvalue weighted by Gasteiger charge is 2.22. The van der Waals surface area contributed by atoms with Gasteiger partial charge in [0.05, 0.1) is 17.7 Å². The van der Waals surface area contributed by atoms with Crippen LogP contribution in [0.15, 0.2) is 40.3 Å². The first-order chi connectivity index (χ1) is 15.6. The van der Waals surface area contributed by atoms with Gasteiger partial charge in [0.1, 0.15) is 4.83 Å². The lowest BCUT2D eigenvalue weighted by atomic mass is 9.97. The molecule has 3 aromatic rings. The van der Waals surface area contributed by atoms with Gasteiger partial charge in [-0.3, -0.25) is 19.5 Å². The number of aromatic nitrogens is 2. The average Bonchev–Trinajstić information content (AvgIpc) is 3.16. The highest BCUT2D eigenvalue weighted by Crippen LogP contribution is 2.34. The van der Waals surface area contributed by atoms with Gasteiger partial charge in [-0.2, -0.15) is 0 Å². The molecular formula is C23H25N3O4S2. The molecule has 0 fully saturated rings. The second-order valence-electron chi connectivity index (χ2n) is 7.54. The topological polar surface area (TPSA) is 90.3 Å². The summed E-state index contributed by atoms with van der Waals surface area (Å²) in [6.45, 7) is 2.33. The number of imide groups is 1. The van der Waals surface area contributed by atoms with Gasteiger partial charge in [0.2, 0.25) is 5.91 Å². The lowest BCUT2D eigenvalue weighted by molar-refractivity contribution is -0.117. The van der Waals surface area contributed by atoms with E-state index in [2.05, 4.69) is 5.32 Å². The summed E-state index contributed by atoms with van der Waals surface area (Å²) in [5.41, 5.74) is 2.24. The van der Waals surface area contributed by atoms with Crippen LogP contribution in [0.3, 0.4) is 0 Å². The van der Waals surface area contributed by atoms with Gasteiger partial charge < -0.3 is 4.74 Å². The molecule has 0 saturated carbocycles. The Morgan fingerprint density at radius 3 is 2.78 bits per heavy atom. The molecule has 2 heterocycles. The zero-order chi connectivity index (χ0) is 22.5. The summed E-state index contributed by atoms with van der Waals surface area (Å²) in [6.07, 6.45) is 4.05. The van der Waals surface area contributed by atoms with Crippen LogP contribution < -0.4 is 10.9 Å². The minimum absolute atomic E-state index is 0.0345. The minimum atomic E-state index is -0.770. The van der Waals surface area contributed by atoms with E-state index >= 15 is 0 Å². The number of alkyl carbamates (subject to hydrolysis) is 1. The maximum absolute atomic E-state index is 13.6. The molecular weight excluding hydrogens is 446 g/mol. The van der Waals surface area contributed by atoms with Gasteiger partial charge in [0.15, 0.2) is 5.16 Å². The Hall–Kier alpha value is -2.65. The number of ether oxygens (including phenoxy) is 1. The molecule has 0 aliphatic heterocycles. The van der Waals surface area contributed by atoms with E-state index in [-0.39, 0.29) is 17.9 Å². The lowest BCUT2D eigenvalue weighted by Gasteiger charge is -2.13. The Morgan fingerprint density at radius 2 is 2.00 bits per heavy atom. The fourth-order valence-electron chi connectivity index (χ4n) is 3.86. The predicted molar refractivity (Wildman–Crippen MR) is 127 cm³/mol.